The van der Waals surface area contributed by atoms with E-state index in [0.717, 1.165) is 23.9 Å². The molecule has 12 aliphatic rings. The van der Waals surface area contributed by atoms with Gasteiger partial charge >= 0.3 is 0 Å². The number of hydrogen-bond donors (Lipinski definition) is 0. The number of rotatable bonds is 13. The van der Waals surface area contributed by atoms with Gasteiger partial charge in [0.05, 0.1) is 5.70 Å². The van der Waals surface area contributed by atoms with Crippen LogP contribution in [0.1, 0.15) is 391 Å². The molecule has 7 aliphatic carbocycles. The molecule has 7 saturated carbocycles. The predicted octanol–water partition coefficient (Wildman–Crippen LogP) is 33.5. The lowest BCUT2D eigenvalue weighted by molar-refractivity contribution is 0.0810. The van der Waals surface area contributed by atoms with E-state index in [9.17, 15) is 0 Å². The number of benzene rings is 6. The van der Waals surface area contributed by atoms with Crippen LogP contribution in [-0.4, -0.2) is 85.5 Å². The lowest BCUT2D eigenvalue weighted by Crippen LogP contribution is -2.53. The van der Waals surface area contributed by atoms with Crippen LogP contribution in [0, 0.1) is 73.5 Å². The van der Waals surface area contributed by atoms with Gasteiger partial charge < -0.3 is 49.0 Å². The lowest BCUT2D eigenvalue weighted by atomic mass is 9.84. The summed E-state index contributed by atoms with van der Waals surface area (Å²) in [6, 6.07) is 59.1. The molecular formula is C122H182N10. The zero-order valence-electron chi connectivity index (χ0n) is 88.5. The predicted molar refractivity (Wildman–Crippen MR) is 569 cm³/mol. The molecular weight excluding hydrogens is 1610 g/mol. The van der Waals surface area contributed by atoms with Crippen molar-refractivity contribution in [2.45, 2.75) is 453 Å². The molecule has 6 aromatic carbocycles. The van der Waals surface area contributed by atoms with E-state index >= 15 is 0 Å². The lowest BCUT2D eigenvalue weighted by Gasteiger charge is -2.48. The van der Waals surface area contributed by atoms with Gasteiger partial charge in [0.1, 0.15) is 30.8 Å². The van der Waals surface area contributed by atoms with E-state index in [1.165, 1.54) is 313 Å². The highest BCUT2D eigenvalue weighted by Gasteiger charge is 2.54. The molecule has 5 unspecified atom stereocenters. The van der Waals surface area contributed by atoms with Crippen molar-refractivity contribution in [3.8, 4) is 0 Å². The van der Waals surface area contributed by atoms with Crippen LogP contribution in [0.3, 0.4) is 0 Å². The van der Waals surface area contributed by atoms with Gasteiger partial charge in [0, 0.05) is 149 Å². The standard InChI is InChI=1S/C27H36N2.2C26H40N2.C22H34N2.C21H32N2/c1-20-14-12-13-19-24(20)28-21(2)25(22-15-8-6-9-16-22)29(26(28)27(3,4)5)23-17-10-7-11-18-23;1-19-13-9-12-18-23(19)27-20(2)24(21-14-10-11-15-21)28(25(27)26(3,4)5)22-16-7-6-8-17-22;1-19-13-9-12-18-23(19)27-20(2)24(21-14-7-6-8-15-21)28(22-16-10-11-17-22)25(27)26(3,4)5;1-16-12-10-11-15-20(16)24-18(3)17(2)23(21(24)22(4,5)6)19-13-8-7-9-14-19;1-15-11-7-10-14-19(15)23-17(3)16(2)22(18-12-8-9-13-18)20(23)21(4,5)6/h6,8-9,12-16,19,23,26H,7,10-11,17-18H2,1-5H3;2*9,12-13,18,21-22,25H,6-8,10-11,14-17H2,1-5H3;10-12,15,19,21H,7-9,13-14H2,1-6H3;7,10-11,14,18,20H,8-9,12-13H2,1-6H3. The molecule has 0 radical (unpaired) electrons. The van der Waals surface area contributed by atoms with Crippen molar-refractivity contribution >= 4 is 34.1 Å². The minimum absolute atomic E-state index is 0.123. The second kappa shape index (κ2) is 42.3. The maximum Gasteiger partial charge on any atom is 0.111 e. The smallest absolute Gasteiger partial charge is 0.111 e. The zero-order valence-corrected chi connectivity index (χ0v) is 88.5. The Kier molecular flexibility index (Phi) is 32.1. The SMILES string of the molecule is CC1=C(C)N(C2CCCC2)C(C(C)(C)C)N1c1ccccc1C.CC1=C(C)N(C2CCCCC2)C(C(C)(C)C)N1c1ccccc1C.CC1=C(C2CCCC2)N(C2CCCCC2)C(C(C)(C)C)N1c1ccccc1C.CC1=C(C2CCCCC2)N(C2CCCC2)C(C(C)(C)C)N1c1ccccc1C.CC1=C(c2ccccc2)N(C2CCCCC2)C(C(C)(C)C)N1c1ccccc1C. The Morgan fingerprint density at radius 1 is 0.189 bits per heavy atom. The second-order valence-electron chi connectivity index (χ2n) is 48.2. The molecule has 5 atom stereocenters. The first-order valence-electron chi connectivity index (χ1n) is 53.5. The van der Waals surface area contributed by atoms with Crippen LogP contribution in [0.15, 0.2) is 203 Å². The topological polar surface area (TPSA) is 32.4 Å². The molecule has 5 aliphatic heterocycles. The average molecular weight is 1790 g/mol. The normalized spacial score (nSPS) is 23.7. The summed E-state index contributed by atoms with van der Waals surface area (Å²) in [5.74, 6) is 1.52. The highest BCUT2D eigenvalue weighted by Crippen LogP contribution is 2.56. The summed E-state index contributed by atoms with van der Waals surface area (Å²) in [5, 5.41) is 0. The third-order valence-corrected chi connectivity index (χ3v) is 32.9. The summed E-state index contributed by atoms with van der Waals surface area (Å²) in [5.41, 5.74) is 31.1. The number of aryl methyl sites for hydroxylation is 5. The minimum atomic E-state index is 0.123. The van der Waals surface area contributed by atoms with Gasteiger partial charge in [-0.2, -0.15) is 0 Å². The van der Waals surface area contributed by atoms with E-state index in [1.54, 1.807) is 11.4 Å². The fraction of sp³-hybridized carbons (Fsp3) is 0.623. The van der Waals surface area contributed by atoms with Crippen molar-refractivity contribution in [1.29, 1.82) is 0 Å². The van der Waals surface area contributed by atoms with Gasteiger partial charge in [-0.15, -0.1) is 0 Å². The Labute approximate surface area is 806 Å². The maximum atomic E-state index is 2.94. The first kappa shape index (κ1) is 100.0. The van der Waals surface area contributed by atoms with Crippen molar-refractivity contribution < 1.29 is 0 Å². The molecule has 0 saturated heterocycles. The van der Waals surface area contributed by atoms with Crippen molar-refractivity contribution in [1.82, 2.24) is 24.5 Å². The average Bonchev–Trinajstić information content (AvgIpc) is 1.58. The van der Waals surface area contributed by atoms with Crippen LogP contribution in [0.5, 0.6) is 0 Å². The number of para-hydroxylation sites is 5. The first-order chi connectivity index (χ1) is 62.8. The summed E-state index contributed by atoms with van der Waals surface area (Å²) in [6.07, 6.45) is 46.1. The molecule has 10 nitrogen and oxygen atoms in total. The number of nitrogens with zero attached hydrogens (tertiary/aromatic N) is 10. The van der Waals surface area contributed by atoms with Crippen molar-refractivity contribution in [2.24, 2.45) is 38.9 Å². The Morgan fingerprint density at radius 3 is 0.652 bits per heavy atom. The van der Waals surface area contributed by atoms with Crippen molar-refractivity contribution in [3.05, 3.63) is 236 Å². The van der Waals surface area contributed by atoms with Gasteiger partial charge in [-0.05, 0) is 237 Å². The number of hydrogen-bond acceptors (Lipinski definition) is 10. The third-order valence-electron chi connectivity index (χ3n) is 32.9. The van der Waals surface area contributed by atoms with Gasteiger partial charge in [-0.25, -0.2) is 0 Å². The minimum Gasteiger partial charge on any atom is -0.350 e. The fourth-order valence-corrected chi connectivity index (χ4v) is 26.8. The van der Waals surface area contributed by atoms with E-state index in [2.05, 4.69) is 388 Å². The van der Waals surface area contributed by atoms with Crippen LogP contribution < -0.4 is 24.5 Å². The van der Waals surface area contributed by atoms with Gasteiger partial charge in [-0.1, -0.05) is 341 Å². The van der Waals surface area contributed by atoms with Gasteiger partial charge in [0.25, 0.3) is 0 Å². The van der Waals surface area contributed by atoms with E-state index in [0.29, 0.717) is 49.0 Å². The molecule has 0 N–H and O–H groups in total. The largest absolute Gasteiger partial charge is 0.350 e. The highest BCUT2D eigenvalue weighted by atomic mass is 15.5. The van der Waals surface area contributed by atoms with Gasteiger partial charge in [0.2, 0.25) is 0 Å². The molecule has 0 bridgehead atoms. The van der Waals surface area contributed by atoms with Gasteiger partial charge in [0.15, 0.2) is 0 Å². The molecule has 0 spiro atoms. The molecule has 720 valence electrons. The number of allylic oxidation sites excluding steroid dienone is 9. The van der Waals surface area contributed by atoms with Crippen LogP contribution in [0.25, 0.3) is 5.70 Å². The third kappa shape index (κ3) is 21.2. The van der Waals surface area contributed by atoms with Crippen LogP contribution >= 0.6 is 0 Å². The molecule has 0 amide bonds. The molecule has 6 aromatic rings. The molecule has 18 rings (SSSR count). The van der Waals surface area contributed by atoms with E-state index in [-0.39, 0.29) is 27.1 Å². The maximum absolute atomic E-state index is 2.94. The molecule has 0 aromatic heterocycles. The highest BCUT2D eigenvalue weighted by molar-refractivity contribution is 5.78. The first-order valence-corrected chi connectivity index (χ1v) is 53.5. The molecule has 5 heterocycles. The van der Waals surface area contributed by atoms with Crippen molar-refractivity contribution in [3.63, 3.8) is 0 Å². The summed E-state index contributed by atoms with van der Waals surface area (Å²) in [4.78, 5) is 27.5. The van der Waals surface area contributed by atoms with E-state index in [4.69, 9.17) is 0 Å². The Hall–Kier alpha value is -7.98. The summed E-state index contributed by atoms with van der Waals surface area (Å²) >= 11 is 0. The molecule has 10 heteroatoms. The molecule has 7 fully saturated rings. The quantitative estimate of drug-likeness (QED) is 0.112. The van der Waals surface area contributed by atoms with Crippen LogP contribution in [0.4, 0.5) is 28.4 Å². The van der Waals surface area contributed by atoms with Crippen LogP contribution in [-0.2, 0) is 0 Å². The summed E-state index contributed by atoms with van der Waals surface area (Å²) in [7, 11) is 0. The zero-order chi connectivity index (χ0) is 94.6. The molecule has 132 heavy (non-hydrogen) atoms. The summed E-state index contributed by atoms with van der Waals surface area (Å²) < 4.78 is 0. The Morgan fingerprint density at radius 2 is 0.386 bits per heavy atom. The second-order valence-corrected chi connectivity index (χ2v) is 48.2. The van der Waals surface area contributed by atoms with Gasteiger partial charge in [-0.3, -0.25) is 0 Å². The van der Waals surface area contributed by atoms with Crippen molar-refractivity contribution in [2.75, 3.05) is 24.5 Å². The monoisotopic (exact) mass is 1790 g/mol. The van der Waals surface area contributed by atoms with E-state index < -0.39 is 0 Å². The number of anilines is 5. The van der Waals surface area contributed by atoms with Crippen LogP contribution in [0.2, 0.25) is 0 Å². The summed E-state index contributed by atoms with van der Waals surface area (Å²) in [6.45, 7) is 63.9. The Bertz CT molecular complexity index is 4950. The van der Waals surface area contributed by atoms with E-state index in [1.807, 2.05) is 0 Å². The fourth-order valence-electron chi connectivity index (χ4n) is 26.8. The Balaban J connectivity index is 0.000000133.